The average Bonchev–Trinajstić information content (AvgIpc) is 2.97. The number of aliphatic hydroxyl groups is 1. The van der Waals surface area contributed by atoms with Crippen LogP contribution in [0.15, 0.2) is 65.3 Å². The van der Waals surface area contributed by atoms with Crippen molar-refractivity contribution in [1.29, 1.82) is 0 Å². The van der Waals surface area contributed by atoms with Crippen LogP contribution in [0, 0.1) is 5.82 Å². The minimum atomic E-state index is -3.91. The Kier molecular flexibility index (Phi) is 9.92. The van der Waals surface area contributed by atoms with Crippen LogP contribution in [0.1, 0.15) is 17.9 Å². The zero-order valence-electron chi connectivity index (χ0n) is 21.7. The number of aliphatic hydroxyl groups excluding tert-OH is 1. The van der Waals surface area contributed by atoms with Crippen molar-refractivity contribution in [2.45, 2.75) is 23.5 Å². The number of hydrogen-bond donors (Lipinski definition) is 1. The van der Waals surface area contributed by atoms with E-state index in [2.05, 4.69) is 0 Å². The molecule has 2 aromatic carbocycles. The molecule has 0 aromatic heterocycles. The molecule has 1 N–H and O–H groups in total. The van der Waals surface area contributed by atoms with Crippen molar-refractivity contribution < 1.29 is 41.7 Å². The van der Waals surface area contributed by atoms with Gasteiger partial charge in [-0.2, -0.15) is 4.31 Å². The van der Waals surface area contributed by atoms with Gasteiger partial charge in [0.1, 0.15) is 11.6 Å². The van der Waals surface area contributed by atoms with E-state index >= 15 is 0 Å². The summed E-state index contributed by atoms with van der Waals surface area (Å²) in [5, 5.41) is 9.50. The van der Waals surface area contributed by atoms with Gasteiger partial charge in [-0.3, -0.25) is 4.79 Å². The number of methoxy groups -OCH3 is 1. The number of sulfonamides is 1. The van der Waals surface area contributed by atoms with E-state index in [9.17, 15) is 22.7 Å². The largest absolute Gasteiger partial charge is 0.497 e. The van der Waals surface area contributed by atoms with E-state index in [-0.39, 0.29) is 54.6 Å². The summed E-state index contributed by atoms with van der Waals surface area (Å²) in [5.41, 5.74) is 0.796. The predicted molar refractivity (Wildman–Crippen MR) is 139 cm³/mol. The first-order chi connectivity index (χ1) is 18.8. The van der Waals surface area contributed by atoms with E-state index in [0.717, 1.165) is 9.87 Å². The van der Waals surface area contributed by atoms with Gasteiger partial charge in [-0.1, -0.05) is 12.1 Å². The minimum Gasteiger partial charge on any atom is -0.497 e. The van der Waals surface area contributed by atoms with Crippen LogP contribution in [0.3, 0.4) is 0 Å². The third kappa shape index (κ3) is 7.34. The van der Waals surface area contributed by atoms with Crippen molar-refractivity contribution in [1.82, 2.24) is 9.21 Å². The Morgan fingerprint density at radius 2 is 1.79 bits per heavy atom. The van der Waals surface area contributed by atoms with Gasteiger partial charge < -0.3 is 29.0 Å². The first-order valence-corrected chi connectivity index (χ1v) is 14.1. The molecule has 2 atom stereocenters. The summed E-state index contributed by atoms with van der Waals surface area (Å²) in [6.45, 7) is 1.15. The van der Waals surface area contributed by atoms with E-state index in [0.29, 0.717) is 38.5 Å². The third-order valence-electron chi connectivity index (χ3n) is 6.56. The maximum Gasteiger partial charge on any atom is 0.288 e. The maximum absolute atomic E-state index is 13.5. The fraction of sp³-hybridized carbons (Fsp3) is 0.444. The summed E-state index contributed by atoms with van der Waals surface area (Å²) >= 11 is 0. The standard InChI is InChI=1S/C27H33FN2O8S/c1-35-23-6-8-24(9-7-23)39(33,34)30(10-14-31)13-17-37-26-19-21(20-2-4-22(28)5-3-20)18-25(38-26)27(32)29-11-15-36-16-12-29/h2-9,18,21,26,31H,10-17,19H2,1H3/t21-,26+/m1/s1. The molecule has 2 aliphatic heterocycles. The van der Waals surface area contributed by atoms with Crippen LogP contribution in [-0.4, -0.2) is 94.6 Å². The van der Waals surface area contributed by atoms with E-state index in [4.69, 9.17) is 18.9 Å². The number of ether oxygens (including phenoxy) is 4. The van der Waals surface area contributed by atoms with Crippen molar-refractivity contribution in [2.75, 3.05) is 59.7 Å². The topological polar surface area (TPSA) is 115 Å². The molecule has 0 spiro atoms. The van der Waals surface area contributed by atoms with Crippen molar-refractivity contribution in [3.8, 4) is 5.75 Å². The van der Waals surface area contributed by atoms with Crippen LogP contribution in [0.5, 0.6) is 5.75 Å². The molecule has 212 valence electrons. The number of carbonyl (C=O) groups excluding carboxylic acids is 1. The third-order valence-corrected chi connectivity index (χ3v) is 8.47. The summed E-state index contributed by atoms with van der Waals surface area (Å²) in [4.78, 5) is 14.9. The highest BCUT2D eigenvalue weighted by Gasteiger charge is 2.32. The average molecular weight is 565 g/mol. The van der Waals surface area contributed by atoms with E-state index in [1.54, 1.807) is 35.2 Å². The molecule has 2 aliphatic rings. The molecular weight excluding hydrogens is 531 g/mol. The van der Waals surface area contributed by atoms with Crippen LogP contribution in [-0.2, 0) is 29.0 Å². The lowest BCUT2D eigenvalue weighted by molar-refractivity contribution is -0.155. The lowest BCUT2D eigenvalue weighted by atomic mass is 9.93. The first kappa shape index (κ1) is 29.0. The molecule has 0 saturated carbocycles. The summed E-state index contributed by atoms with van der Waals surface area (Å²) in [6.07, 6.45) is 1.22. The Labute approximate surface area is 227 Å². The van der Waals surface area contributed by atoms with Crippen LogP contribution in [0.25, 0.3) is 0 Å². The fourth-order valence-electron chi connectivity index (χ4n) is 4.42. The molecular formula is C27H33FN2O8S. The monoisotopic (exact) mass is 564 g/mol. The van der Waals surface area contributed by atoms with Crippen molar-refractivity contribution in [2.24, 2.45) is 0 Å². The second-order valence-corrected chi connectivity index (χ2v) is 11.0. The molecule has 0 radical (unpaired) electrons. The van der Waals surface area contributed by atoms with Gasteiger partial charge in [0.05, 0.1) is 38.4 Å². The fourth-order valence-corrected chi connectivity index (χ4v) is 5.84. The van der Waals surface area contributed by atoms with Crippen LogP contribution in [0.2, 0.25) is 0 Å². The molecule has 4 rings (SSSR count). The number of nitrogens with zero attached hydrogens (tertiary/aromatic N) is 2. The summed E-state index contributed by atoms with van der Waals surface area (Å²) in [7, 11) is -2.42. The number of benzene rings is 2. The van der Waals surface area contributed by atoms with Gasteiger partial charge in [0, 0.05) is 38.5 Å². The molecule has 1 saturated heterocycles. The number of rotatable bonds is 11. The molecule has 0 bridgehead atoms. The Hall–Kier alpha value is -3.03. The summed E-state index contributed by atoms with van der Waals surface area (Å²) in [6, 6.07) is 12.0. The molecule has 0 unspecified atom stereocenters. The minimum absolute atomic E-state index is 0.0464. The zero-order valence-corrected chi connectivity index (χ0v) is 22.5. The van der Waals surface area contributed by atoms with Gasteiger partial charge in [-0.25, -0.2) is 12.8 Å². The lowest BCUT2D eigenvalue weighted by Crippen LogP contribution is -2.43. The number of halogens is 1. The highest BCUT2D eigenvalue weighted by Crippen LogP contribution is 2.32. The Bertz CT molecular complexity index is 1230. The number of morpholine rings is 1. The Morgan fingerprint density at radius 1 is 1.10 bits per heavy atom. The van der Waals surface area contributed by atoms with Gasteiger partial charge in [0.15, 0.2) is 5.76 Å². The van der Waals surface area contributed by atoms with Crippen molar-refractivity contribution >= 4 is 15.9 Å². The van der Waals surface area contributed by atoms with Crippen LogP contribution in [0.4, 0.5) is 4.39 Å². The van der Waals surface area contributed by atoms with E-state index in [1.807, 2.05) is 0 Å². The van der Waals surface area contributed by atoms with E-state index < -0.39 is 16.3 Å². The van der Waals surface area contributed by atoms with Gasteiger partial charge in [-0.05, 0) is 48.0 Å². The second-order valence-electron chi connectivity index (χ2n) is 9.05. The van der Waals surface area contributed by atoms with Crippen molar-refractivity contribution in [3.05, 3.63) is 71.7 Å². The second kappa shape index (κ2) is 13.4. The smallest absolute Gasteiger partial charge is 0.288 e. The number of hydrogen-bond acceptors (Lipinski definition) is 8. The Morgan fingerprint density at radius 3 is 2.44 bits per heavy atom. The maximum atomic E-state index is 13.5. The number of allylic oxidation sites excluding steroid dienone is 1. The molecule has 39 heavy (non-hydrogen) atoms. The zero-order chi connectivity index (χ0) is 27.8. The predicted octanol–water partition coefficient (Wildman–Crippen LogP) is 2.11. The highest BCUT2D eigenvalue weighted by atomic mass is 32.2. The van der Waals surface area contributed by atoms with Gasteiger partial charge in [-0.15, -0.1) is 0 Å². The molecule has 12 heteroatoms. The molecule has 1 fully saturated rings. The highest BCUT2D eigenvalue weighted by molar-refractivity contribution is 7.89. The molecule has 0 aliphatic carbocycles. The molecule has 2 aromatic rings. The van der Waals surface area contributed by atoms with Gasteiger partial charge in [0.25, 0.3) is 5.91 Å². The van der Waals surface area contributed by atoms with Crippen LogP contribution < -0.4 is 4.74 Å². The normalized spacial score (nSPS) is 19.9. The van der Waals surface area contributed by atoms with E-state index in [1.165, 1.54) is 31.4 Å². The Balaban J connectivity index is 1.46. The lowest BCUT2D eigenvalue weighted by Gasteiger charge is -2.33. The quantitative estimate of drug-likeness (QED) is 0.442. The van der Waals surface area contributed by atoms with Gasteiger partial charge >= 0.3 is 0 Å². The van der Waals surface area contributed by atoms with Gasteiger partial charge in [0.2, 0.25) is 16.3 Å². The summed E-state index contributed by atoms with van der Waals surface area (Å²) < 4.78 is 63.3. The number of carbonyl (C=O) groups is 1. The molecule has 2 heterocycles. The number of amides is 1. The summed E-state index contributed by atoms with van der Waals surface area (Å²) in [5.74, 6) is -0.287. The SMILES string of the molecule is COc1ccc(S(=O)(=O)N(CCO)CCO[C@@H]2C[C@H](c3ccc(F)cc3)C=C(C(=O)N3CCOCC3)O2)cc1. The van der Waals surface area contributed by atoms with Crippen molar-refractivity contribution in [3.63, 3.8) is 0 Å². The van der Waals surface area contributed by atoms with Crippen LogP contribution >= 0.6 is 0 Å². The molecule has 1 amide bonds. The molecule has 10 nitrogen and oxygen atoms in total. The first-order valence-electron chi connectivity index (χ1n) is 12.7.